The largest absolute Gasteiger partial charge is 0.491 e. The standard InChI is InChI=1S/C14H22N2O2/c1-2-11-18-13-8-4-3-7-12(13)16-14(17)9-5-6-10-15/h3-4,7-8H,2,5-6,9-11,15H2,1H3,(H,16,17). The van der Waals surface area contributed by atoms with E-state index in [0.717, 1.165) is 30.7 Å². The van der Waals surface area contributed by atoms with E-state index in [9.17, 15) is 4.79 Å². The Morgan fingerprint density at radius 1 is 1.33 bits per heavy atom. The van der Waals surface area contributed by atoms with Crippen LogP contribution in [0.25, 0.3) is 0 Å². The van der Waals surface area contributed by atoms with Gasteiger partial charge in [-0.3, -0.25) is 4.79 Å². The first kappa shape index (κ1) is 14.5. The Hall–Kier alpha value is -1.55. The molecule has 0 aromatic heterocycles. The average Bonchev–Trinajstić information content (AvgIpc) is 2.38. The fourth-order valence-electron chi connectivity index (χ4n) is 1.55. The molecule has 0 aliphatic heterocycles. The van der Waals surface area contributed by atoms with Crippen LogP contribution in [0.3, 0.4) is 0 Å². The van der Waals surface area contributed by atoms with Gasteiger partial charge in [0.15, 0.2) is 0 Å². The number of unbranched alkanes of at least 4 members (excludes halogenated alkanes) is 1. The summed E-state index contributed by atoms with van der Waals surface area (Å²) in [6.07, 6.45) is 3.14. The number of amides is 1. The number of ether oxygens (including phenoxy) is 1. The third-order valence-corrected chi connectivity index (χ3v) is 2.48. The van der Waals surface area contributed by atoms with Gasteiger partial charge in [0.2, 0.25) is 5.91 Å². The fraction of sp³-hybridized carbons (Fsp3) is 0.500. The Labute approximate surface area is 109 Å². The van der Waals surface area contributed by atoms with Crippen LogP contribution in [0.1, 0.15) is 32.6 Å². The number of carbonyl (C=O) groups is 1. The molecule has 0 saturated heterocycles. The van der Waals surface area contributed by atoms with Crippen LogP contribution in [0, 0.1) is 0 Å². The SMILES string of the molecule is CCCOc1ccccc1NC(=O)CCCCN. The Morgan fingerprint density at radius 2 is 2.11 bits per heavy atom. The molecule has 1 rings (SSSR count). The van der Waals surface area contributed by atoms with E-state index in [-0.39, 0.29) is 5.91 Å². The van der Waals surface area contributed by atoms with Crippen molar-refractivity contribution in [3.8, 4) is 5.75 Å². The summed E-state index contributed by atoms with van der Waals surface area (Å²) >= 11 is 0. The molecule has 3 N–H and O–H groups in total. The number of benzene rings is 1. The minimum absolute atomic E-state index is 0.0102. The van der Waals surface area contributed by atoms with Gasteiger partial charge in [-0.25, -0.2) is 0 Å². The predicted octanol–water partition coefficient (Wildman–Crippen LogP) is 2.54. The van der Waals surface area contributed by atoms with Crippen molar-refractivity contribution in [3.63, 3.8) is 0 Å². The fourth-order valence-corrected chi connectivity index (χ4v) is 1.55. The number of para-hydroxylation sites is 2. The van der Waals surface area contributed by atoms with Crippen molar-refractivity contribution in [2.24, 2.45) is 5.73 Å². The Kier molecular flexibility index (Phi) is 6.87. The molecule has 4 heteroatoms. The molecule has 0 atom stereocenters. The molecule has 0 radical (unpaired) electrons. The normalized spacial score (nSPS) is 10.1. The van der Waals surface area contributed by atoms with E-state index in [1.54, 1.807) is 0 Å². The highest BCUT2D eigenvalue weighted by Gasteiger charge is 2.06. The number of anilines is 1. The maximum atomic E-state index is 11.7. The minimum Gasteiger partial charge on any atom is -0.491 e. The summed E-state index contributed by atoms with van der Waals surface area (Å²) < 4.78 is 5.58. The molecule has 1 aromatic rings. The lowest BCUT2D eigenvalue weighted by molar-refractivity contribution is -0.116. The molecule has 0 aliphatic rings. The average molecular weight is 250 g/mol. The van der Waals surface area contributed by atoms with E-state index in [1.165, 1.54) is 0 Å². The molecule has 0 fully saturated rings. The third-order valence-electron chi connectivity index (χ3n) is 2.48. The van der Waals surface area contributed by atoms with Crippen molar-refractivity contribution >= 4 is 11.6 Å². The van der Waals surface area contributed by atoms with E-state index in [0.29, 0.717) is 19.6 Å². The maximum absolute atomic E-state index is 11.7. The molecule has 0 bridgehead atoms. The second-order valence-corrected chi connectivity index (χ2v) is 4.14. The van der Waals surface area contributed by atoms with Crippen molar-refractivity contribution < 1.29 is 9.53 Å². The molecule has 0 heterocycles. The molecular formula is C14H22N2O2. The lowest BCUT2D eigenvalue weighted by atomic mass is 10.2. The van der Waals surface area contributed by atoms with Gasteiger partial charge in [0.25, 0.3) is 0 Å². The van der Waals surface area contributed by atoms with Crippen LogP contribution in [-0.2, 0) is 4.79 Å². The quantitative estimate of drug-likeness (QED) is 0.697. The second kappa shape index (κ2) is 8.53. The first-order valence-electron chi connectivity index (χ1n) is 6.49. The van der Waals surface area contributed by atoms with E-state index >= 15 is 0 Å². The van der Waals surface area contributed by atoms with Crippen molar-refractivity contribution in [2.75, 3.05) is 18.5 Å². The highest BCUT2D eigenvalue weighted by Crippen LogP contribution is 2.24. The second-order valence-electron chi connectivity index (χ2n) is 4.14. The van der Waals surface area contributed by atoms with Crippen LogP contribution in [0.4, 0.5) is 5.69 Å². The van der Waals surface area contributed by atoms with Gasteiger partial charge in [-0.2, -0.15) is 0 Å². The summed E-state index contributed by atoms with van der Waals surface area (Å²) in [6.45, 7) is 3.33. The predicted molar refractivity (Wildman–Crippen MR) is 73.8 cm³/mol. The molecule has 0 spiro atoms. The summed E-state index contributed by atoms with van der Waals surface area (Å²) in [5.41, 5.74) is 6.13. The summed E-state index contributed by atoms with van der Waals surface area (Å²) in [7, 11) is 0. The van der Waals surface area contributed by atoms with Crippen LogP contribution in [-0.4, -0.2) is 19.1 Å². The molecular weight excluding hydrogens is 228 g/mol. The van der Waals surface area contributed by atoms with Crippen LogP contribution in [0.15, 0.2) is 24.3 Å². The smallest absolute Gasteiger partial charge is 0.224 e. The first-order valence-corrected chi connectivity index (χ1v) is 6.49. The van der Waals surface area contributed by atoms with Gasteiger partial charge in [-0.15, -0.1) is 0 Å². The van der Waals surface area contributed by atoms with Crippen LogP contribution in [0.2, 0.25) is 0 Å². The summed E-state index contributed by atoms with van der Waals surface area (Å²) in [5.74, 6) is 0.738. The summed E-state index contributed by atoms with van der Waals surface area (Å²) in [6, 6.07) is 7.50. The molecule has 0 aliphatic carbocycles. The van der Waals surface area contributed by atoms with Crippen LogP contribution in [0.5, 0.6) is 5.75 Å². The molecule has 4 nitrogen and oxygen atoms in total. The third kappa shape index (κ3) is 5.19. The van der Waals surface area contributed by atoms with E-state index in [4.69, 9.17) is 10.5 Å². The Balaban J connectivity index is 2.51. The molecule has 1 aromatic carbocycles. The number of rotatable bonds is 8. The number of nitrogens with one attached hydrogen (secondary N) is 1. The monoisotopic (exact) mass is 250 g/mol. The molecule has 0 saturated carbocycles. The molecule has 100 valence electrons. The minimum atomic E-state index is 0.0102. The zero-order valence-corrected chi connectivity index (χ0v) is 10.9. The first-order chi connectivity index (χ1) is 8.77. The van der Waals surface area contributed by atoms with Crippen molar-refractivity contribution in [1.82, 2.24) is 0 Å². The van der Waals surface area contributed by atoms with Crippen molar-refractivity contribution in [2.45, 2.75) is 32.6 Å². The topological polar surface area (TPSA) is 64.3 Å². The summed E-state index contributed by atoms with van der Waals surface area (Å²) in [4.78, 5) is 11.7. The van der Waals surface area contributed by atoms with Gasteiger partial charge in [0.05, 0.1) is 12.3 Å². The number of nitrogens with two attached hydrogens (primary N) is 1. The Bertz CT molecular complexity index is 367. The van der Waals surface area contributed by atoms with Crippen molar-refractivity contribution in [1.29, 1.82) is 0 Å². The van der Waals surface area contributed by atoms with Gasteiger partial charge < -0.3 is 15.8 Å². The molecule has 1 amide bonds. The van der Waals surface area contributed by atoms with Gasteiger partial charge in [-0.05, 0) is 37.9 Å². The van der Waals surface area contributed by atoms with Crippen LogP contribution < -0.4 is 15.8 Å². The lowest BCUT2D eigenvalue weighted by Crippen LogP contribution is -2.13. The van der Waals surface area contributed by atoms with Gasteiger partial charge in [0, 0.05) is 6.42 Å². The highest BCUT2D eigenvalue weighted by molar-refractivity contribution is 5.92. The van der Waals surface area contributed by atoms with Gasteiger partial charge >= 0.3 is 0 Å². The zero-order chi connectivity index (χ0) is 13.2. The van der Waals surface area contributed by atoms with E-state index in [2.05, 4.69) is 5.32 Å². The Morgan fingerprint density at radius 3 is 2.83 bits per heavy atom. The lowest BCUT2D eigenvalue weighted by Gasteiger charge is -2.11. The number of carbonyl (C=O) groups excluding carboxylic acids is 1. The molecule has 18 heavy (non-hydrogen) atoms. The van der Waals surface area contributed by atoms with Crippen molar-refractivity contribution in [3.05, 3.63) is 24.3 Å². The van der Waals surface area contributed by atoms with E-state index < -0.39 is 0 Å². The number of hydrogen-bond donors (Lipinski definition) is 2. The maximum Gasteiger partial charge on any atom is 0.224 e. The van der Waals surface area contributed by atoms with E-state index in [1.807, 2.05) is 31.2 Å². The highest BCUT2D eigenvalue weighted by atomic mass is 16.5. The van der Waals surface area contributed by atoms with Crippen LogP contribution >= 0.6 is 0 Å². The van der Waals surface area contributed by atoms with Gasteiger partial charge in [-0.1, -0.05) is 19.1 Å². The summed E-state index contributed by atoms with van der Waals surface area (Å²) in [5, 5.41) is 2.87. The zero-order valence-electron chi connectivity index (χ0n) is 10.9. The molecule has 0 unspecified atom stereocenters. The van der Waals surface area contributed by atoms with Gasteiger partial charge in [0.1, 0.15) is 5.75 Å². The number of hydrogen-bond acceptors (Lipinski definition) is 3.